The molecule has 0 spiro atoms. The van der Waals surface area contributed by atoms with Crippen molar-refractivity contribution in [2.75, 3.05) is 12.3 Å². The predicted molar refractivity (Wildman–Crippen MR) is 47.7 cm³/mol. The maximum atomic E-state index is 9.73. The molecule has 0 radical (unpaired) electrons. The molecule has 12 heavy (non-hydrogen) atoms. The van der Waals surface area contributed by atoms with Crippen LogP contribution in [-0.2, 0) is 9.59 Å². The Morgan fingerprint density at radius 3 is 1.83 bits per heavy atom. The molecule has 0 bridgehead atoms. The van der Waals surface area contributed by atoms with E-state index in [-0.39, 0.29) is 18.2 Å². The molecule has 0 rings (SSSR count). The Labute approximate surface area is 75.5 Å². The number of primary amides is 1. The van der Waals surface area contributed by atoms with Gasteiger partial charge >= 0.3 is 5.97 Å². The molecule has 0 aromatic rings. The first-order valence-corrected chi connectivity index (χ1v) is 3.66. The van der Waals surface area contributed by atoms with Crippen molar-refractivity contribution in [2.45, 2.75) is 6.04 Å². The van der Waals surface area contributed by atoms with Gasteiger partial charge in [-0.25, -0.2) is 0 Å². The summed E-state index contributed by atoms with van der Waals surface area (Å²) in [5.74, 6) is -1.30. The van der Waals surface area contributed by atoms with E-state index in [0.29, 0.717) is 0 Å². The molecule has 0 fully saturated rings. The minimum atomic E-state index is -1.05. The number of carbonyl (C=O) groups is 2. The lowest BCUT2D eigenvalue weighted by atomic mass is 10.3. The number of hydrogen-bond acceptors (Lipinski definition) is 5. The highest BCUT2D eigenvalue weighted by molar-refractivity contribution is 7.81. The molecule has 0 heterocycles. The molecule has 72 valence electrons. The molecule has 7 N–H and O–H groups in total. The van der Waals surface area contributed by atoms with Crippen LogP contribution in [0.1, 0.15) is 0 Å². The fraction of sp³-hybridized carbons (Fsp3) is 0.600. The van der Waals surface area contributed by atoms with Crippen molar-refractivity contribution in [3.63, 3.8) is 0 Å². The molecule has 1 unspecified atom stereocenters. The van der Waals surface area contributed by atoms with Gasteiger partial charge in [-0.05, 0) is 0 Å². The Kier molecular flexibility index (Phi) is 9.54. The summed E-state index contributed by atoms with van der Waals surface area (Å²) in [6, 6.07) is -0.903. The van der Waals surface area contributed by atoms with E-state index in [4.69, 9.17) is 16.6 Å². The van der Waals surface area contributed by atoms with E-state index in [2.05, 4.69) is 18.4 Å². The van der Waals surface area contributed by atoms with Crippen molar-refractivity contribution in [1.82, 2.24) is 0 Å². The highest BCUT2D eigenvalue weighted by Gasteiger charge is 2.05. The summed E-state index contributed by atoms with van der Waals surface area (Å²) in [5, 5.41) is 7.98. The van der Waals surface area contributed by atoms with Gasteiger partial charge < -0.3 is 22.3 Å². The second-order valence-corrected chi connectivity index (χ2v) is 2.12. The van der Waals surface area contributed by atoms with E-state index < -0.39 is 12.0 Å². The Bertz CT molecular complexity index is 153. The van der Waals surface area contributed by atoms with Crippen LogP contribution in [0.25, 0.3) is 0 Å². The lowest BCUT2D eigenvalue weighted by molar-refractivity contribution is -0.138. The summed E-state index contributed by atoms with van der Waals surface area (Å²) in [6.45, 7) is -0.00463. The monoisotopic (exact) mass is 195 g/mol. The van der Waals surface area contributed by atoms with Gasteiger partial charge in [-0.2, -0.15) is 12.6 Å². The molecule has 0 saturated heterocycles. The van der Waals surface area contributed by atoms with Gasteiger partial charge in [0, 0.05) is 6.54 Å². The lowest BCUT2D eigenvalue weighted by Gasteiger charge is -1.97. The van der Waals surface area contributed by atoms with Crippen molar-refractivity contribution in [3.05, 3.63) is 0 Å². The molecule has 0 aromatic carbocycles. The molecule has 1 amide bonds. The molecule has 0 aliphatic heterocycles. The van der Waals surface area contributed by atoms with E-state index in [1.165, 1.54) is 0 Å². The van der Waals surface area contributed by atoms with Crippen LogP contribution in [0.4, 0.5) is 0 Å². The first-order valence-electron chi connectivity index (χ1n) is 3.03. The molecule has 1 atom stereocenters. The molecular weight excluding hydrogens is 182 g/mol. The summed E-state index contributed by atoms with van der Waals surface area (Å²) in [7, 11) is 0. The summed E-state index contributed by atoms with van der Waals surface area (Å²) in [5.41, 5.74) is 14.3. The van der Waals surface area contributed by atoms with Gasteiger partial charge in [0.25, 0.3) is 0 Å². The second kappa shape index (κ2) is 8.31. The second-order valence-electron chi connectivity index (χ2n) is 1.80. The summed E-state index contributed by atoms with van der Waals surface area (Å²) >= 11 is 3.54. The van der Waals surface area contributed by atoms with Crippen LogP contribution in [0.15, 0.2) is 0 Å². The van der Waals surface area contributed by atoms with Crippen molar-refractivity contribution >= 4 is 24.5 Å². The zero-order chi connectivity index (χ0) is 10.1. The van der Waals surface area contributed by atoms with Crippen LogP contribution in [-0.4, -0.2) is 35.3 Å². The van der Waals surface area contributed by atoms with Crippen LogP contribution in [0.5, 0.6) is 0 Å². The van der Waals surface area contributed by atoms with Crippen LogP contribution in [0, 0.1) is 0 Å². The Morgan fingerprint density at radius 2 is 1.83 bits per heavy atom. The lowest BCUT2D eigenvalue weighted by Crippen LogP contribution is -2.37. The van der Waals surface area contributed by atoms with E-state index in [9.17, 15) is 9.59 Å². The summed E-state index contributed by atoms with van der Waals surface area (Å²) in [4.78, 5) is 19.2. The van der Waals surface area contributed by atoms with Crippen LogP contribution < -0.4 is 17.2 Å². The van der Waals surface area contributed by atoms with Crippen LogP contribution >= 0.6 is 12.6 Å². The maximum absolute atomic E-state index is 9.73. The van der Waals surface area contributed by atoms with Gasteiger partial charge in [0.05, 0.1) is 5.75 Å². The van der Waals surface area contributed by atoms with Gasteiger partial charge in [-0.3, -0.25) is 9.59 Å². The number of rotatable bonds is 3. The summed E-state index contributed by atoms with van der Waals surface area (Å²) < 4.78 is 0. The first kappa shape index (κ1) is 13.8. The molecule has 0 aromatic heterocycles. The maximum Gasteiger partial charge on any atom is 0.321 e. The fourth-order valence-electron chi connectivity index (χ4n) is 0.101. The number of nitrogens with two attached hydrogens (primary N) is 3. The molecule has 0 aliphatic carbocycles. The molecule has 6 nitrogen and oxygen atoms in total. The third-order valence-electron chi connectivity index (χ3n) is 0.727. The van der Waals surface area contributed by atoms with Crippen LogP contribution in [0.3, 0.4) is 0 Å². The average molecular weight is 195 g/mol. The third-order valence-corrected chi connectivity index (χ3v) is 1.04. The minimum absolute atomic E-state index is 0.00463. The normalized spacial score (nSPS) is 10.9. The van der Waals surface area contributed by atoms with E-state index in [1.807, 2.05) is 0 Å². The highest BCUT2D eigenvalue weighted by Crippen LogP contribution is 1.68. The topological polar surface area (TPSA) is 132 Å². The third kappa shape index (κ3) is 11.9. The van der Waals surface area contributed by atoms with Gasteiger partial charge in [0.1, 0.15) is 6.04 Å². The highest BCUT2D eigenvalue weighted by atomic mass is 32.1. The van der Waals surface area contributed by atoms with E-state index >= 15 is 0 Å². The SMILES string of the molecule is NC(=O)CS.NCC(N)C(=O)O. The van der Waals surface area contributed by atoms with Gasteiger partial charge in [0.15, 0.2) is 0 Å². The standard InChI is InChI=1S/C3H8N2O2.C2H5NOS/c4-1-2(5)3(6)7;3-2(4)1-5/h2H,1,4-5H2,(H,6,7);5H,1H2,(H2,3,4). The number of carboxylic acid groups (broad SMARTS) is 1. The zero-order valence-corrected chi connectivity index (χ0v) is 7.33. The number of amides is 1. The van der Waals surface area contributed by atoms with Gasteiger partial charge in [0.2, 0.25) is 5.91 Å². The number of carboxylic acids is 1. The Hall–Kier alpha value is -0.790. The largest absolute Gasteiger partial charge is 0.480 e. The Balaban J connectivity index is 0. The first-order chi connectivity index (χ1) is 5.45. The number of aliphatic carboxylic acids is 1. The fourth-order valence-corrected chi connectivity index (χ4v) is 0.101. The Morgan fingerprint density at radius 1 is 1.50 bits per heavy atom. The van der Waals surface area contributed by atoms with Crippen molar-refractivity contribution in [3.8, 4) is 0 Å². The molecule has 0 saturated carbocycles. The zero-order valence-electron chi connectivity index (χ0n) is 6.43. The van der Waals surface area contributed by atoms with E-state index in [1.54, 1.807) is 0 Å². The van der Waals surface area contributed by atoms with Crippen molar-refractivity contribution in [1.29, 1.82) is 0 Å². The van der Waals surface area contributed by atoms with E-state index in [0.717, 1.165) is 0 Å². The van der Waals surface area contributed by atoms with Crippen molar-refractivity contribution < 1.29 is 14.7 Å². The molecule has 7 heteroatoms. The number of carbonyl (C=O) groups excluding carboxylic acids is 1. The van der Waals surface area contributed by atoms with Crippen LogP contribution in [0.2, 0.25) is 0 Å². The number of thiol groups is 1. The summed E-state index contributed by atoms with van der Waals surface area (Å²) in [6.07, 6.45) is 0. The quantitative estimate of drug-likeness (QED) is 0.325. The number of hydrogen-bond donors (Lipinski definition) is 5. The molecular formula is C5H13N3O3S. The van der Waals surface area contributed by atoms with Gasteiger partial charge in [-0.15, -0.1) is 0 Å². The smallest absolute Gasteiger partial charge is 0.321 e. The molecule has 0 aliphatic rings. The van der Waals surface area contributed by atoms with Crippen molar-refractivity contribution in [2.24, 2.45) is 17.2 Å². The minimum Gasteiger partial charge on any atom is -0.480 e. The predicted octanol–water partition coefficient (Wildman–Crippen LogP) is -2.24. The van der Waals surface area contributed by atoms with Gasteiger partial charge in [-0.1, -0.05) is 0 Å². The average Bonchev–Trinajstić information content (AvgIpc) is 2.04.